The van der Waals surface area contributed by atoms with Crippen molar-refractivity contribution in [1.29, 1.82) is 0 Å². The normalized spacial score (nSPS) is 17.4. The fraction of sp³-hybridized carbons (Fsp3) is 0.267. The second kappa shape index (κ2) is 5.17. The predicted octanol–water partition coefficient (Wildman–Crippen LogP) is 2.78. The van der Waals surface area contributed by atoms with Crippen LogP contribution in [0.15, 0.2) is 35.3 Å². The van der Waals surface area contributed by atoms with E-state index in [9.17, 15) is 9.18 Å². The highest BCUT2D eigenvalue weighted by Crippen LogP contribution is 2.34. The third-order valence-corrected chi connectivity index (χ3v) is 4.75. The van der Waals surface area contributed by atoms with Crippen molar-refractivity contribution >= 4 is 21.4 Å². The maximum Gasteiger partial charge on any atom is 0.275 e. The van der Waals surface area contributed by atoms with Gasteiger partial charge in [0.2, 0.25) is 10.1 Å². The molecule has 1 unspecified atom stereocenters. The predicted molar refractivity (Wildman–Crippen MR) is 82.8 cm³/mol. The molecule has 0 bridgehead atoms. The Kier molecular flexibility index (Phi) is 3.15. The van der Waals surface area contributed by atoms with E-state index >= 15 is 0 Å². The molecule has 4 rings (SSSR count). The summed E-state index contributed by atoms with van der Waals surface area (Å²) in [7, 11) is 0. The lowest BCUT2D eigenvalue weighted by molar-refractivity contribution is 0.537. The third-order valence-electron chi connectivity index (χ3n) is 3.90. The molecule has 1 N–H and O–H groups in total. The van der Waals surface area contributed by atoms with Crippen molar-refractivity contribution in [2.45, 2.75) is 25.3 Å². The Hall–Kier alpha value is -2.28. The van der Waals surface area contributed by atoms with E-state index in [1.165, 1.54) is 34.2 Å². The SMILES string of the molecule is O=c1ccnc2sc(NC3CCCc4cccc(F)c43)nn12. The summed E-state index contributed by atoms with van der Waals surface area (Å²) in [5.41, 5.74) is 1.54. The van der Waals surface area contributed by atoms with E-state index in [1.807, 2.05) is 6.07 Å². The molecule has 1 atom stereocenters. The highest BCUT2D eigenvalue weighted by atomic mass is 32.1. The first-order chi connectivity index (χ1) is 10.7. The van der Waals surface area contributed by atoms with Crippen LogP contribution in [0.3, 0.4) is 0 Å². The standard InChI is InChI=1S/C15H13FN4OS/c16-10-5-1-3-9-4-2-6-11(13(9)10)18-14-19-20-12(21)7-8-17-15(20)22-14/h1,3,5,7-8,11H,2,4,6H2,(H,18,19). The number of nitrogens with one attached hydrogen (secondary N) is 1. The van der Waals surface area contributed by atoms with Gasteiger partial charge in [-0.25, -0.2) is 9.37 Å². The van der Waals surface area contributed by atoms with Gasteiger partial charge in [-0.05, 0) is 30.9 Å². The van der Waals surface area contributed by atoms with E-state index in [2.05, 4.69) is 15.4 Å². The highest BCUT2D eigenvalue weighted by Gasteiger charge is 2.24. The van der Waals surface area contributed by atoms with Gasteiger partial charge in [-0.15, -0.1) is 5.10 Å². The Morgan fingerprint density at radius 1 is 1.36 bits per heavy atom. The largest absolute Gasteiger partial charge is 0.353 e. The minimum Gasteiger partial charge on any atom is -0.353 e. The van der Waals surface area contributed by atoms with Crippen LogP contribution in [0.4, 0.5) is 9.52 Å². The Bertz CT molecular complexity index is 904. The zero-order valence-electron chi connectivity index (χ0n) is 11.6. The first-order valence-electron chi connectivity index (χ1n) is 7.11. The molecule has 3 aromatic rings. The fourth-order valence-corrected chi connectivity index (χ4v) is 3.75. The molecule has 0 radical (unpaired) electrons. The van der Waals surface area contributed by atoms with Crippen molar-refractivity contribution in [2.24, 2.45) is 0 Å². The zero-order valence-corrected chi connectivity index (χ0v) is 12.4. The summed E-state index contributed by atoms with van der Waals surface area (Å²) in [6.07, 6.45) is 4.20. The summed E-state index contributed by atoms with van der Waals surface area (Å²) in [4.78, 5) is 16.4. The smallest absolute Gasteiger partial charge is 0.275 e. The van der Waals surface area contributed by atoms with E-state index in [0.717, 1.165) is 24.8 Å². The molecule has 1 aliphatic rings. The van der Waals surface area contributed by atoms with Crippen molar-refractivity contribution in [3.8, 4) is 0 Å². The van der Waals surface area contributed by atoms with Crippen molar-refractivity contribution in [2.75, 3.05) is 5.32 Å². The molecular weight excluding hydrogens is 303 g/mol. The molecule has 1 aliphatic carbocycles. The maximum absolute atomic E-state index is 14.2. The van der Waals surface area contributed by atoms with Crippen LogP contribution in [0.2, 0.25) is 0 Å². The lowest BCUT2D eigenvalue weighted by atomic mass is 9.87. The second-order valence-corrected chi connectivity index (χ2v) is 6.24. The summed E-state index contributed by atoms with van der Waals surface area (Å²) >= 11 is 1.29. The second-order valence-electron chi connectivity index (χ2n) is 5.29. The Morgan fingerprint density at radius 2 is 2.27 bits per heavy atom. The van der Waals surface area contributed by atoms with Gasteiger partial charge in [0.1, 0.15) is 5.82 Å². The van der Waals surface area contributed by atoms with Crippen molar-refractivity contribution in [3.63, 3.8) is 0 Å². The van der Waals surface area contributed by atoms with Crippen LogP contribution in [0.25, 0.3) is 4.96 Å². The molecule has 0 amide bonds. The van der Waals surface area contributed by atoms with Gasteiger partial charge in [-0.1, -0.05) is 23.5 Å². The molecule has 0 saturated heterocycles. The number of benzene rings is 1. The van der Waals surface area contributed by atoms with Crippen LogP contribution >= 0.6 is 11.3 Å². The van der Waals surface area contributed by atoms with Crippen LogP contribution in [0.1, 0.15) is 30.0 Å². The third kappa shape index (κ3) is 2.18. The van der Waals surface area contributed by atoms with E-state index in [1.54, 1.807) is 6.07 Å². The summed E-state index contributed by atoms with van der Waals surface area (Å²) in [5.74, 6) is -0.189. The highest BCUT2D eigenvalue weighted by molar-refractivity contribution is 7.20. The Balaban J connectivity index is 1.72. The van der Waals surface area contributed by atoms with E-state index in [4.69, 9.17) is 0 Å². The van der Waals surface area contributed by atoms with Crippen LogP contribution in [-0.4, -0.2) is 14.6 Å². The van der Waals surface area contributed by atoms with Crippen molar-refractivity contribution in [3.05, 3.63) is 57.8 Å². The number of hydrogen-bond donors (Lipinski definition) is 1. The lowest BCUT2D eigenvalue weighted by Gasteiger charge is -2.26. The van der Waals surface area contributed by atoms with E-state index < -0.39 is 0 Å². The summed E-state index contributed by atoms with van der Waals surface area (Å²) in [5, 5.41) is 8.08. The minimum atomic E-state index is -0.218. The summed E-state index contributed by atoms with van der Waals surface area (Å²) in [6.45, 7) is 0. The molecule has 0 saturated carbocycles. The zero-order chi connectivity index (χ0) is 15.1. The first-order valence-corrected chi connectivity index (χ1v) is 7.93. The van der Waals surface area contributed by atoms with Gasteiger partial charge >= 0.3 is 0 Å². The molecule has 0 fully saturated rings. The average molecular weight is 316 g/mol. The van der Waals surface area contributed by atoms with Crippen LogP contribution in [0.5, 0.6) is 0 Å². The van der Waals surface area contributed by atoms with E-state index in [0.29, 0.717) is 15.7 Å². The lowest BCUT2D eigenvalue weighted by Crippen LogP contribution is -2.19. The van der Waals surface area contributed by atoms with Gasteiger partial charge in [-0.3, -0.25) is 4.79 Å². The van der Waals surface area contributed by atoms with Crippen LogP contribution < -0.4 is 10.9 Å². The molecule has 2 aromatic heterocycles. The fourth-order valence-electron chi connectivity index (χ4n) is 2.93. The molecule has 7 heteroatoms. The van der Waals surface area contributed by atoms with Gasteiger partial charge in [0, 0.05) is 17.8 Å². The van der Waals surface area contributed by atoms with Crippen molar-refractivity contribution < 1.29 is 4.39 Å². The van der Waals surface area contributed by atoms with Gasteiger partial charge in [-0.2, -0.15) is 4.52 Å². The molecule has 5 nitrogen and oxygen atoms in total. The number of aryl methyl sites for hydroxylation is 1. The Morgan fingerprint density at radius 3 is 3.14 bits per heavy atom. The first kappa shape index (κ1) is 13.4. The molecule has 1 aromatic carbocycles. The molecule has 22 heavy (non-hydrogen) atoms. The number of anilines is 1. The molecule has 112 valence electrons. The average Bonchev–Trinajstić information content (AvgIpc) is 2.92. The van der Waals surface area contributed by atoms with Gasteiger partial charge in [0.25, 0.3) is 5.56 Å². The molecule has 0 aliphatic heterocycles. The number of halogens is 1. The van der Waals surface area contributed by atoms with Crippen LogP contribution in [-0.2, 0) is 6.42 Å². The topological polar surface area (TPSA) is 59.3 Å². The number of hydrogen-bond acceptors (Lipinski definition) is 5. The van der Waals surface area contributed by atoms with Crippen LogP contribution in [0, 0.1) is 5.82 Å². The number of fused-ring (bicyclic) bond motifs is 2. The van der Waals surface area contributed by atoms with Gasteiger partial charge in [0.05, 0.1) is 6.04 Å². The summed E-state index contributed by atoms with van der Waals surface area (Å²) in [6, 6.07) is 6.45. The summed E-state index contributed by atoms with van der Waals surface area (Å²) < 4.78 is 15.4. The van der Waals surface area contributed by atoms with Crippen molar-refractivity contribution in [1.82, 2.24) is 14.6 Å². The molecule has 0 spiro atoms. The van der Waals surface area contributed by atoms with E-state index in [-0.39, 0.29) is 17.4 Å². The van der Waals surface area contributed by atoms with Gasteiger partial charge < -0.3 is 5.32 Å². The minimum absolute atomic E-state index is 0.124. The maximum atomic E-state index is 14.2. The number of rotatable bonds is 2. The molecule has 2 heterocycles. The van der Waals surface area contributed by atoms with Gasteiger partial charge in [0.15, 0.2) is 0 Å². The monoisotopic (exact) mass is 316 g/mol. The number of aromatic nitrogens is 3. The number of nitrogens with zero attached hydrogens (tertiary/aromatic N) is 3. The molecular formula is C15H13FN4OS. The quantitative estimate of drug-likeness (QED) is 0.790. The Labute approximate surface area is 129 Å².